The Morgan fingerprint density at radius 3 is 2.35 bits per heavy atom. The van der Waals surface area contributed by atoms with Gasteiger partial charge < -0.3 is 16.8 Å². The molecule has 5 nitrogen and oxygen atoms in total. The molecule has 0 heterocycles. The minimum absolute atomic E-state index is 0.204. The maximum atomic E-state index is 11.9. The zero-order valence-corrected chi connectivity index (χ0v) is 9.40. The van der Waals surface area contributed by atoms with Gasteiger partial charge in [-0.1, -0.05) is 0 Å². The lowest BCUT2D eigenvalue weighted by Gasteiger charge is -2.26. The molecule has 1 aliphatic rings. The van der Waals surface area contributed by atoms with Crippen LogP contribution in [0.15, 0.2) is 18.2 Å². The van der Waals surface area contributed by atoms with E-state index in [1.165, 1.54) is 12.1 Å². The van der Waals surface area contributed by atoms with Crippen molar-refractivity contribution in [3.05, 3.63) is 29.3 Å². The van der Waals surface area contributed by atoms with Gasteiger partial charge in [-0.3, -0.25) is 9.59 Å². The first-order valence-electron chi connectivity index (χ1n) is 5.57. The van der Waals surface area contributed by atoms with E-state index in [1.54, 1.807) is 6.07 Å². The Morgan fingerprint density at radius 1 is 1.18 bits per heavy atom. The predicted molar refractivity (Wildman–Crippen MR) is 64.5 cm³/mol. The van der Waals surface area contributed by atoms with Gasteiger partial charge in [-0.15, -0.1) is 0 Å². The molecule has 0 atom stereocenters. The quantitative estimate of drug-likeness (QED) is 0.668. The minimum Gasteiger partial charge on any atom is -0.399 e. The van der Waals surface area contributed by atoms with Gasteiger partial charge in [0.25, 0.3) is 5.91 Å². The van der Waals surface area contributed by atoms with Crippen molar-refractivity contribution >= 4 is 17.5 Å². The summed E-state index contributed by atoms with van der Waals surface area (Å²) in [5.41, 5.74) is 11.8. The number of primary amides is 1. The third-order valence-corrected chi connectivity index (χ3v) is 2.94. The number of carbonyl (C=O) groups is 2. The lowest BCUT2D eigenvalue weighted by molar-refractivity contribution is 0.0917. The largest absolute Gasteiger partial charge is 0.399 e. The number of hydrogen-bond donors (Lipinski definition) is 3. The van der Waals surface area contributed by atoms with E-state index in [1.807, 2.05) is 0 Å². The maximum absolute atomic E-state index is 11.9. The molecule has 0 aliphatic heterocycles. The lowest BCUT2D eigenvalue weighted by atomic mass is 9.93. The van der Waals surface area contributed by atoms with Crippen LogP contribution < -0.4 is 16.8 Å². The third kappa shape index (κ3) is 2.55. The molecule has 0 aromatic heterocycles. The van der Waals surface area contributed by atoms with Crippen molar-refractivity contribution in [2.45, 2.75) is 25.3 Å². The van der Waals surface area contributed by atoms with E-state index in [-0.39, 0.29) is 17.5 Å². The first kappa shape index (κ1) is 11.4. The highest BCUT2D eigenvalue weighted by Gasteiger charge is 2.20. The van der Waals surface area contributed by atoms with Crippen molar-refractivity contribution < 1.29 is 9.59 Å². The highest BCUT2D eigenvalue weighted by molar-refractivity contribution is 6.00. The lowest BCUT2D eigenvalue weighted by Crippen LogP contribution is -2.39. The summed E-state index contributed by atoms with van der Waals surface area (Å²) in [4.78, 5) is 22.9. The molecule has 0 radical (unpaired) electrons. The average molecular weight is 233 g/mol. The molecule has 0 spiro atoms. The summed E-state index contributed by atoms with van der Waals surface area (Å²) in [6.07, 6.45) is 3.17. The molecule has 1 aromatic rings. The summed E-state index contributed by atoms with van der Waals surface area (Å²) in [5.74, 6) is -0.792. The predicted octanol–water partition coefficient (Wildman–Crippen LogP) is 0.650. The number of nitrogens with one attached hydrogen (secondary N) is 1. The van der Waals surface area contributed by atoms with Crippen LogP contribution in [0.3, 0.4) is 0 Å². The van der Waals surface area contributed by atoms with Gasteiger partial charge in [-0.2, -0.15) is 0 Å². The monoisotopic (exact) mass is 233 g/mol. The highest BCUT2D eigenvalue weighted by atomic mass is 16.2. The second kappa shape index (κ2) is 4.45. The van der Waals surface area contributed by atoms with Gasteiger partial charge in [0, 0.05) is 22.9 Å². The van der Waals surface area contributed by atoms with Gasteiger partial charge in [0.2, 0.25) is 5.91 Å². The van der Waals surface area contributed by atoms with E-state index in [0.29, 0.717) is 11.3 Å². The summed E-state index contributed by atoms with van der Waals surface area (Å²) in [5, 5.41) is 2.88. The van der Waals surface area contributed by atoms with Crippen LogP contribution in [0.5, 0.6) is 0 Å². The Kier molecular flexibility index (Phi) is 2.99. The second-order valence-electron chi connectivity index (χ2n) is 4.31. The maximum Gasteiger partial charge on any atom is 0.251 e. The van der Waals surface area contributed by atoms with Crippen LogP contribution in [0, 0.1) is 0 Å². The zero-order chi connectivity index (χ0) is 12.4. The number of rotatable bonds is 3. The summed E-state index contributed by atoms with van der Waals surface area (Å²) in [6.45, 7) is 0. The number of amides is 2. The van der Waals surface area contributed by atoms with E-state index in [4.69, 9.17) is 11.5 Å². The van der Waals surface area contributed by atoms with E-state index in [0.717, 1.165) is 19.3 Å². The molecule has 1 fully saturated rings. The Bertz CT molecular complexity index is 467. The van der Waals surface area contributed by atoms with Crippen LogP contribution >= 0.6 is 0 Å². The molecular formula is C12H15N3O2. The van der Waals surface area contributed by atoms with Crippen molar-refractivity contribution in [2.75, 3.05) is 5.73 Å². The van der Waals surface area contributed by atoms with Gasteiger partial charge in [0.1, 0.15) is 0 Å². The average Bonchev–Trinajstić information content (AvgIpc) is 2.22. The number of carbonyl (C=O) groups excluding carboxylic acids is 2. The molecule has 17 heavy (non-hydrogen) atoms. The fraction of sp³-hybridized carbons (Fsp3) is 0.333. The fourth-order valence-corrected chi connectivity index (χ4v) is 1.75. The van der Waals surface area contributed by atoms with Crippen molar-refractivity contribution in [3.8, 4) is 0 Å². The van der Waals surface area contributed by atoms with Crippen molar-refractivity contribution in [2.24, 2.45) is 5.73 Å². The van der Waals surface area contributed by atoms with Crippen molar-refractivity contribution in [1.29, 1.82) is 0 Å². The number of benzene rings is 1. The molecular weight excluding hydrogens is 218 g/mol. The van der Waals surface area contributed by atoms with Crippen molar-refractivity contribution in [3.63, 3.8) is 0 Å². The van der Waals surface area contributed by atoms with Gasteiger partial charge in [0.15, 0.2) is 0 Å². The summed E-state index contributed by atoms with van der Waals surface area (Å²) in [6, 6.07) is 4.72. The van der Waals surface area contributed by atoms with E-state index >= 15 is 0 Å². The normalized spacial score (nSPS) is 15.1. The number of anilines is 1. The molecule has 90 valence electrons. The molecule has 2 amide bonds. The highest BCUT2D eigenvalue weighted by Crippen LogP contribution is 2.19. The Hall–Kier alpha value is -2.04. The SMILES string of the molecule is NC(=O)c1cc(N)cc(C(=O)NC2CCC2)c1. The standard InChI is InChI=1S/C12H15N3O2/c13-9-5-7(11(14)16)4-8(6-9)12(17)15-10-2-1-3-10/h4-6,10H,1-3,13H2,(H2,14,16)(H,15,17). The number of nitrogen functional groups attached to an aromatic ring is 1. The van der Waals surface area contributed by atoms with Crippen LogP contribution in [0.25, 0.3) is 0 Å². The summed E-state index contributed by atoms with van der Waals surface area (Å²) in [7, 11) is 0. The first-order chi connectivity index (χ1) is 8.06. The molecule has 1 aromatic carbocycles. The number of nitrogens with two attached hydrogens (primary N) is 2. The summed E-state index contributed by atoms with van der Waals surface area (Å²) >= 11 is 0. The van der Waals surface area contributed by atoms with Gasteiger partial charge in [-0.25, -0.2) is 0 Å². The third-order valence-electron chi connectivity index (χ3n) is 2.94. The topological polar surface area (TPSA) is 98.2 Å². The molecule has 0 bridgehead atoms. The number of hydrogen-bond acceptors (Lipinski definition) is 3. The van der Waals surface area contributed by atoms with Gasteiger partial charge >= 0.3 is 0 Å². The zero-order valence-electron chi connectivity index (χ0n) is 9.40. The summed E-state index contributed by atoms with van der Waals surface area (Å²) < 4.78 is 0. The molecule has 5 heteroatoms. The van der Waals surface area contributed by atoms with Crippen LogP contribution in [0.2, 0.25) is 0 Å². The molecule has 2 rings (SSSR count). The molecule has 0 unspecified atom stereocenters. The molecule has 1 aliphatic carbocycles. The first-order valence-corrected chi connectivity index (χ1v) is 5.57. The van der Waals surface area contributed by atoms with E-state index < -0.39 is 5.91 Å². The smallest absolute Gasteiger partial charge is 0.251 e. The van der Waals surface area contributed by atoms with Gasteiger partial charge in [0.05, 0.1) is 0 Å². The molecule has 5 N–H and O–H groups in total. The Balaban J connectivity index is 2.18. The van der Waals surface area contributed by atoms with Gasteiger partial charge in [-0.05, 0) is 37.5 Å². The Morgan fingerprint density at radius 2 is 1.82 bits per heavy atom. The molecule has 0 saturated heterocycles. The van der Waals surface area contributed by atoms with Crippen molar-refractivity contribution in [1.82, 2.24) is 5.32 Å². The van der Waals surface area contributed by atoms with Crippen LogP contribution in [-0.4, -0.2) is 17.9 Å². The fourth-order valence-electron chi connectivity index (χ4n) is 1.75. The van der Waals surface area contributed by atoms with Crippen LogP contribution in [0.4, 0.5) is 5.69 Å². The Labute approximate surface area is 99.2 Å². The second-order valence-corrected chi connectivity index (χ2v) is 4.31. The van der Waals surface area contributed by atoms with Crippen LogP contribution in [-0.2, 0) is 0 Å². The molecule has 1 saturated carbocycles. The minimum atomic E-state index is -0.588. The van der Waals surface area contributed by atoms with Crippen LogP contribution in [0.1, 0.15) is 40.0 Å². The van der Waals surface area contributed by atoms with E-state index in [2.05, 4.69) is 5.32 Å². The van der Waals surface area contributed by atoms with E-state index in [9.17, 15) is 9.59 Å².